The molecular formula is C14H26ClNO2. The third-order valence-electron chi connectivity index (χ3n) is 3.71. The summed E-state index contributed by atoms with van der Waals surface area (Å²) in [4.78, 5) is 12.3. The summed E-state index contributed by atoms with van der Waals surface area (Å²) in [5.74, 6) is 0.709. The number of amides is 1. The van der Waals surface area contributed by atoms with Gasteiger partial charge in [-0.3, -0.25) is 4.79 Å². The number of nitrogens with one attached hydrogen (secondary N) is 1. The zero-order valence-electron chi connectivity index (χ0n) is 12.0. The number of carbonyl (C=O) groups excluding carboxylic acids is 1. The minimum Gasteiger partial charge on any atom is -0.377 e. The van der Waals surface area contributed by atoms with E-state index in [0.717, 1.165) is 19.3 Å². The Morgan fingerprint density at radius 3 is 2.67 bits per heavy atom. The van der Waals surface area contributed by atoms with Crippen LogP contribution in [0, 0.1) is 11.3 Å². The number of ether oxygens (including phenoxy) is 1. The van der Waals surface area contributed by atoms with Crippen LogP contribution in [0.4, 0.5) is 0 Å². The summed E-state index contributed by atoms with van der Waals surface area (Å²) in [6.45, 7) is 9.16. The van der Waals surface area contributed by atoms with Crippen molar-refractivity contribution in [3.63, 3.8) is 0 Å². The van der Waals surface area contributed by atoms with Gasteiger partial charge in [0.15, 0.2) is 0 Å². The molecule has 1 aliphatic rings. The summed E-state index contributed by atoms with van der Waals surface area (Å²) < 4.78 is 5.58. The van der Waals surface area contributed by atoms with Crippen molar-refractivity contribution in [1.82, 2.24) is 5.32 Å². The highest BCUT2D eigenvalue weighted by Gasteiger charge is 2.35. The second-order valence-electron chi connectivity index (χ2n) is 6.12. The molecule has 4 heteroatoms. The maximum absolute atomic E-state index is 12.3. The van der Waals surface area contributed by atoms with Gasteiger partial charge >= 0.3 is 0 Å². The van der Waals surface area contributed by atoms with Gasteiger partial charge in [-0.05, 0) is 24.7 Å². The molecule has 0 aromatic heterocycles. The topological polar surface area (TPSA) is 38.3 Å². The van der Waals surface area contributed by atoms with Crippen LogP contribution in [0.25, 0.3) is 0 Å². The molecule has 1 fully saturated rings. The molecule has 1 amide bonds. The van der Waals surface area contributed by atoms with Crippen molar-refractivity contribution in [3.05, 3.63) is 0 Å². The first kappa shape index (κ1) is 15.8. The standard InChI is InChI=1S/C14H26ClNO2/c1-5-11-10(7-9-18-11)13(17)16-12(6-8-15)14(2,3)4/h10-12H,5-9H2,1-4H3,(H,16,17). The zero-order chi connectivity index (χ0) is 13.8. The summed E-state index contributed by atoms with van der Waals surface area (Å²) in [6.07, 6.45) is 2.62. The number of halogens is 1. The first-order chi connectivity index (χ1) is 8.40. The number of carbonyl (C=O) groups is 1. The quantitative estimate of drug-likeness (QED) is 0.784. The Morgan fingerprint density at radius 2 is 2.17 bits per heavy atom. The van der Waals surface area contributed by atoms with Gasteiger partial charge in [-0.15, -0.1) is 11.6 Å². The fourth-order valence-corrected chi connectivity index (χ4v) is 2.68. The third kappa shape index (κ3) is 4.13. The molecule has 0 spiro atoms. The predicted octanol–water partition coefficient (Wildman–Crippen LogP) is 2.96. The van der Waals surface area contributed by atoms with Crippen LogP contribution in [-0.4, -0.2) is 30.5 Å². The van der Waals surface area contributed by atoms with Gasteiger partial charge in [0, 0.05) is 18.5 Å². The molecule has 0 aromatic carbocycles. The molecule has 0 radical (unpaired) electrons. The van der Waals surface area contributed by atoms with Crippen molar-refractivity contribution in [3.8, 4) is 0 Å². The highest BCUT2D eigenvalue weighted by Crippen LogP contribution is 2.26. The van der Waals surface area contributed by atoms with Crippen molar-refractivity contribution in [1.29, 1.82) is 0 Å². The fourth-order valence-electron chi connectivity index (χ4n) is 2.46. The van der Waals surface area contributed by atoms with E-state index in [0.29, 0.717) is 12.5 Å². The Labute approximate surface area is 116 Å². The van der Waals surface area contributed by atoms with Crippen LogP contribution in [0.3, 0.4) is 0 Å². The van der Waals surface area contributed by atoms with Gasteiger partial charge in [-0.2, -0.15) is 0 Å². The van der Waals surface area contributed by atoms with Gasteiger partial charge in [0.1, 0.15) is 0 Å². The van der Waals surface area contributed by atoms with E-state index >= 15 is 0 Å². The van der Waals surface area contributed by atoms with Gasteiger partial charge in [0.25, 0.3) is 0 Å². The number of alkyl halides is 1. The summed E-state index contributed by atoms with van der Waals surface area (Å²) in [5, 5.41) is 3.16. The van der Waals surface area contributed by atoms with E-state index in [1.54, 1.807) is 0 Å². The van der Waals surface area contributed by atoms with E-state index in [1.165, 1.54) is 0 Å². The lowest BCUT2D eigenvalue weighted by atomic mass is 9.84. The Morgan fingerprint density at radius 1 is 1.50 bits per heavy atom. The molecule has 1 heterocycles. The fraction of sp³-hybridized carbons (Fsp3) is 0.929. The van der Waals surface area contributed by atoms with E-state index < -0.39 is 0 Å². The van der Waals surface area contributed by atoms with Gasteiger partial charge in [0.2, 0.25) is 5.91 Å². The Bertz CT molecular complexity index is 275. The van der Waals surface area contributed by atoms with Crippen molar-refractivity contribution in [2.75, 3.05) is 12.5 Å². The smallest absolute Gasteiger partial charge is 0.226 e. The molecule has 1 rings (SSSR count). The van der Waals surface area contributed by atoms with Gasteiger partial charge < -0.3 is 10.1 Å². The molecule has 1 aliphatic heterocycles. The molecule has 106 valence electrons. The molecule has 18 heavy (non-hydrogen) atoms. The van der Waals surface area contributed by atoms with Crippen LogP contribution in [0.5, 0.6) is 0 Å². The van der Waals surface area contributed by atoms with Gasteiger partial charge in [0.05, 0.1) is 12.0 Å². The van der Waals surface area contributed by atoms with E-state index in [-0.39, 0.29) is 29.4 Å². The lowest BCUT2D eigenvalue weighted by Crippen LogP contribution is -2.47. The number of hydrogen-bond acceptors (Lipinski definition) is 2. The van der Waals surface area contributed by atoms with Crippen molar-refractivity contribution >= 4 is 17.5 Å². The molecule has 3 unspecified atom stereocenters. The molecule has 0 bridgehead atoms. The lowest BCUT2D eigenvalue weighted by Gasteiger charge is -2.32. The van der Waals surface area contributed by atoms with E-state index in [2.05, 4.69) is 33.0 Å². The highest BCUT2D eigenvalue weighted by atomic mass is 35.5. The largest absolute Gasteiger partial charge is 0.377 e. The first-order valence-electron chi connectivity index (χ1n) is 6.88. The van der Waals surface area contributed by atoms with Crippen LogP contribution in [-0.2, 0) is 9.53 Å². The first-order valence-corrected chi connectivity index (χ1v) is 7.41. The summed E-state index contributed by atoms with van der Waals surface area (Å²) in [5.41, 5.74) is 0.0335. The van der Waals surface area contributed by atoms with E-state index in [1.807, 2.05) is 0 Å². The molecular weight excluding hydrogens is 250 g/mol. The molecule has 0 aliphatic carbocycles. The Kier molecular flexibility index (Phi) is 5.93. The predicted molar refractivity (Wildman–Crippen MR) is 74.9 cm³/mol. The van der Waals surface area contributed by atoms with Crippen LogP contribution >= 0.6 is 11.6 Å². The minimum absolute atomic E-state index is 0.00942. The molecule has 0 aromatic rings. The molecule has 3 nitrogen and oxygen atoms in total. The van der Waals surface area contributed by atoms with E-state index in [4.69, 9.17) is 16.3 Å². The Balaban J connectivity index is 2.61. The average molecular weight is 276 g/mol. The minimum atomic E-state index is 0.00942. The number of rotatable bonds is 5. The van der Waals surface area contributed by atoms with E-state index in [9.17, 15) is 4.79 Å². The average Bonchev–Trinajstić information content (AvgIpc) is 2.75. The highest BCUT2D eigenvalue weighted by molar-refractivity contribution is 6.17. The zero-order valence-corrected chi connectivity index (χ0v) is 12.7. The van der Waals surface area contributed by atoms with Gasteiger partial charge in [-0.25, -0.2) is 0 Å². The summed E-state index contributed by atoms with van der Waals surface area (Å²) >= 11 is 5.83. The normalized spacial score (nSPS) is 26.1. The third-order valence-corrected chi connectivity index (χ3v) is 3.93. The van der Waals surface area contributed by atoms with Crippen molar-refractivity contribution in [2.24, 2.45) is 11.3 Å². The van der Waals surface area contributed by atoms with Crippen molar-refractivity contribution in [2.45, 2.75) is 59.1 Å². The maximum Gasteiger partial charge on any atom is 0.226 e. The molecule has 3 atom stereocenters. The van der Waals surface area contributed by atoms with Crippen molar-refractivity contribution < 1.29 is 9.53 Å². The number of hydrogen-bond donors (Lipinski definition) is 1. The van der Waals surface area contributed by atoms with Crippen LogP contribution in [0.1, 0.15) is 47.0 Å². The van der Waals surface area contributed by atoms with Gasteiger partial charge in [-0.1, -0.05) is 27.7 Å². The summed E-state index contributed by atoms with van der Waals surface area (Å²) in [6, 6.07) is 0.126. The monoisotopic (exact) mass is 275 g/mol. The lowest BCUT2D eigenvalue weighted by molar-refractivity contribution is -0.128. The van der Waals surface area contributed by atoms with Crippen LogP contribution in [0.15, 0.2) is 0 Å². The van der Waals surface area contributed by atoms with Crippen LogP contribution < -0.4 is 5.32 Å². The SMILES string of the molecule is CCC1OCCC1C(=O)NC(CCCl)C(C)(C)C. The maximum atomic E-state index is 12.3. The second-order valence-corrected chi connectivity index (χ2v) is 6.50. The van der Waals surface area contributed by atoms with Crippen LogP contribution in [0.2, 0.25) is 0 Å². The Hall–Kier alpha value is -0.280. The second kappa shape index (κ2) is 6.76. The summed E-state index contributed by atoms with van der Waals surface area (Å²) in [7, 11) is 0. The molecule has 0 saturated carbocycles. The molecule has 1 saturated heterocycles. The molecule has 1 N–H and O–H groups in total.